The van der Waals surface area contributed by atoms with Crippen molar-refractivity contribution in [1.82, 2.24) is 9.55 Å². The Bertz CT molecular complexity index is 1010. The number of nitrogens with zero attached hydrogens (tertiary/aromatic N) is 2. The molecule has 4 nitrogen and oxygen atoms in total. The number of hydrogen-bond donors (Lipinski definition) is 0. The van der Waals surface area contributed by atoms with Crippen LogP contribution in [0.4, 0.5) is 0 Å². The molecule has 0 spiro atoms. The SMILES string of the molecule is Cc1cccc(-n2c(SC[C@H]3CCOC3)nc3ccccc3c2=O)c1C. The van der Waals surface area contributed by atoms with Crippen LogP contribution in [0, 0.1) is 19.8 Å². The maximum atomic E-state index is 13.3. The van der Waals surface area contributed by atoms with Crippen molar-refractivity contribution in [1.29, 1.82) is 0 Å². The Kier molecular flexibility index (Phi) is 4.83. The van der Waals surface area contributed by atoms with E-state index in [9.17, 15) is 4.79 Å². The summed E-state index contributed by atoms with van der Waals surface area (Å²) in [5, 5.41) is 1.41. The zero-order valence-corrected chi connectivity index (χ0v) is 15.9. The number of ether oxygens (including phenoxy) is 1. The number of para-hydroxylation sites is 1. The van der Waals surface area contributed by atoms with Crippen molar-refractivity contribution in [3.63, 3.8) is 0 Å². The minimum Gasteiger partial charge on any atom is -0.381 e. The number of fused-ring (bicyclic) bond motifs is 1. The Hall–Kier alpha value is -2.11. The summed E-state index contributed by atoms with van der Waals surface area (Å²) in [4.78, 5) is 18.1. The largest absolute Gasteiger partial charge is 0.381 e. The lowest BCUT2D eigenvalue weighted by molar-refractivity contribution is 0.189. The summed E-state index contributed by atoms with van der Waals surface area (Å²) in [5.74, 6) is 1.44. The van der Waals surface area contributed by atoms with Crippen LogP contribution >= 0.6 is 11.8 Å². The van der Waals surface area contributed by atoms with Gasteiger partial charge in [0.25, 0.3) is 5.56 Å². The molecule has 0 N–H and O–H groups in total. The third-order valence-electron chi connectivity index (χ3n) is 5.03. The molecule has 2 aromatic carbocycles. The summed E-state index contributed by atoms with van der Waals surface area (Å²) >= 11 is 1.65. The Morgan fingerprint density at radius 3 is 2.85 bits per heavy atom. The van der Waals surface area contributed by atoms with E-state index in [2.05, 4.69) is 19.9 Å². The van der Waals surface area contributed by atoms with Crippen LogP contribution in [-0.4, -0.2) is 28.5 Å². The molecule has 1 aromatic heterocycles. The van der Waals surface area contributed by atoms with E-state index in [0.717, 1.165) is 47.3 Å². The zero-order valence-electron chi connectivity index (χ0n) is 15.1. The van der Waals surface area contributed by atoms with Crippen LogP contribution in [0.15, 0.2) is 52.4 Å². The Labute approximate surface area is 157 Å². The van der Waals surface area contributed by atoms with Crippen LogP contribution < -0.4 is 5.56 Å². The molecule has 0 amide bonds. The van der Waals surface area contributed by atoms with Crippen LogP contribution in [0.5, 0.6) is 0 Å². The molecule has 2 heterocycles. The molecular weight excluding hydrogens is 344 g/mol. The highest BCUT2D eigenvalue weighted by Crippen LogP contribution is 2.27. The highest BCUT2D eigenvalue weighted by molar-refractivity contribution is 7.99. The van der Waals surface area contributed by atoms with Gasteiger partial charge in [-0.25, -0.2) is 4.98 Å². The highest BCUT2D eigenvalue weighted by atomic mass is 32.2. The quantitative estimate of drug-likeness (QED) is 0.514. The van der Waals surface area contributed by atoms with Gasteiger partial charge in [0.1, 0.15) is 0 Å². The third kappa shape index (κ3) is 3.17. The van der Waals surface area contributed by atoms with Gasteiger partial charge < -0.3 is 4.74 Å². The van der Waals surface area contributed by atoms with Crippen molar-refractivity contribution >= 4 is 22.7 Å². The van der Waals surface area contributed by atoms with Gasteiger partial charge in [0, 0.05) is 12.4 Å². The fourth-order valence-corrected chi connectivity index (χ4v) is 4.43. The molecule has 0 radical (unpaired) electrons. The predicted octanol–water partition coefficient (Wildman–Crippen LogP) is 4.13. The van der Waals surface area contributed by atoms with Crippen LogP contribution in [0.2, 0.25) is 0 Å². The first kappa shape index (κ1) is 17.3. The van der Waals surface area contributed by atoms with Crippen molar-refractivity contribution < 1.29 is 4.74 Å². The summed E-state index contributed by atoms with van der Waals surface area (Å²) in [7, 11) is 0. The van der Waals surface area contributed by atoms with Crippen LogP contribution in [0.3, 0.4) is 0 Å². The van der Waals surface area contributed by atoms with E-state index in [0.29, 0.717) is 11.3 Å². The summed E-state index contributed by atoms with van der Waals surface area (Å²) in [6.45, 7) is 5.76. The van der Waals surface area contributed by atoms with E-state index in [-0.39, 0.29) is 5.56 Å². The van der Waals surface area contributed by atoms with Gasteiger partial charge >= 0.3 is 0 Å². The number of benzene rings is 2. The molecule has 1 aliphatic heterocycles. The minimum absolute atomic E-state index is 0.00512. The van der Waals surface area contributed by atoms with Crippen LogP contribution in [0.25, 0.3) is 16.6 Å². The van der Waals surface area contributed by atoms with Gasteiger partial charge in [0.2, 0.25) is 0 Å². The lowest BCUT2D eigenvalue weighted by Crippen LogP contribution is -2.23. The van der Waals surface area contributed by atoms with E-state index in [4.69, 9.17) is 9.72 Å². The van der Waals surface area contributed by atoms with Crippen LogP contribution in [0.1, 0.15) is 17.5 Å². The number of hydrogen-bond acceptors (Lipinski definition) is 4. The first-order chi connectivity index (χ1) is 12.6. The van der Waals surface area contributed by atoms with E-state index < -0.39 is 0 Å². The van der Waals surface area contributed by atoms with Gasteiger partial charge in [0.15, 0.2) is 5.16 Å². The number of rotatable bonds is 4. The molecule has 1 atom stereocenters. The molecule has 26 heavy (non-hydrogen) atoms. The summed E-state index contributed by atoms with van der Waals surface area (Å²) in [6, 6.07) is 13.7. The fourth-order valence-electron chi connectivity index (χ4n) is 3.31. The Balaban J connectivity index is 1.87. The third-order valence-corrected chi connectivity index (χ3v) is 6.20. The van der Waals surface area contributed by atoms with Crippen molar-refractivity contribution in [2.24, 2.45) is 5.92 Å². The first-order valence-corrected chi connectivity index (χ1v) is 9.92. The molecule has 3 aromatic rings. The fraction of sp³-hybridized carbons (Fsp3) is 0.333. The molecule has 1 aliphatic rings. The molecule has 5 heteroatoms. The van der Waals surface area contributed by atoms with Gasteiger partial charge in [-0.15, -0.1) is 0 Å². The molecular formula is C21H22N2O2S. The molecule has 1 saturated heterocycles. The molecule has 0 bridgehead atoms. The monoisotopic (exact) mass is 366 g/mol. The van der Waals surface area contributed by atoms with E-state index >= 15 is 0 Å². The zero-order chi connectivity index (χ0) is 18.1. The second kappa shape index (κ2) is 7.25. The summed E-state index contributed by atoms with van der Waals surface area (Å²) < 4.78 is 7.27. The average Bonchev–Trinajstić information content (AvgIpc) is 3.17. The molecule has 134 valence electrons. The van der Waals surface area contributed by atoms with Gasteiger partial charge in [-0.05, 0) is 55.5 Å². The average molecular weight is 366 g/mol. The first-order valence-electron chi connectivity index (χ1n) is 8.94. The van der Waals surface area contributed by atoms with Crippen LogP contribution in [-0.2, 0) is 4.74 Å². The topological polar surface area (TPSA) is 44.1 Å². The lowest BCUT2D eigenvalue weighted by Gasteiger charge is -2.17. The molecule has 0 aliphatic carbocycles. The molecule has 1 fully saturated rings. The Morgan fingerprint density at radius 1 is 1.19 bits per heavy atom. The summed E-state index contributed by atoms with van der Waals surface area (Å²) in [5.41, 5.74) is 3.94. The maximum absolute atomic E-state index is 13.3. The number of aryl methyl sites for hydroxylation is 1. The Morgan fingerprint density at radius 2 is 2.04 bits per heavy atom. The normalized spacial score (nSPS) is 17.1. The predicted molar refractivity (Wildman–Crippen MR) is 106 cm³/mol. The van der Waals surface area contributed by atoms with Crippen molar-refractivity contribution in [3.8, 4) is 5.69 Å². The second-order valence-electron chi connectivity index (χ2n) is 6.81. The van der Waals surface area contributed by atoms with E-state index in [1.807, 2.05) is 36.4 Å². The van der Waals surface area contributed by atoms with Crippen molar-refractivity contribution in [3.05, 3.63) is 63.9 Å². The number of thioether (sulfide) groups is 1. The van der Waals surface area contributed by atoms with Gasteiger partial charge in [-0.2, -0.15) is 0 Å². The van der Waals surface area contributed by atoms with Gasteiger partial charge in [0.05, 0.1) is 23.2 Å². The van der Waals surface area contributed by atoms with E-state index in [1.165, 1.54) is 5.56 Å². The van der Waals surface area contributed by atoms with Gasteiger partial charge in [-0.1, -0.05) is 36.0 Å². The smallest absolute Gasteiger partial charge is 0.266 e. The highest BCUT2D eigenvalue weighted by Gasteiger charge is 2.19. The van der Waals surface area contributed by atoms with Crippen molar-refractivity contribution in [2.45, 2.75) is 25.4 Å². The van der Waals surface area contributed by atoms with E-state index in [1.54, 1.807) is 16.3 Å². The molecule has 0 unspecified atom stereocenters. The second-order valence-corrected chi connectivity index (χ2v) is 7.80. The maximum Gasteiger partial charge on any atom is 0.266 e. The lowest BCUT2D eigenvalue weighted by atomic mass is 10.1. The summed E-state index contributed by atoms with van der Waals surface area (Å²) in [6.07, 6.45) is 1.08. The number of aromatic nitrogens is 2. The minimum atomic E-state index is -0.00512. The van der Waals surface area contributed by atoms with Gasteiger partial charge in [-0.3, -0.25) is 9.36 Å². The van der Waals surface area contributed by atoms with Crippen molar-refractivity contribution in [2.75, 3.05) is 19.0 Å². The molecule has 0 saturated carbocycles. The molecule has 4 rings (SSSR count). The standard InChI is InChI=1S/C21H22N2O2S/c1-14-6-5-9-19(15(14)2)23-20(24)17-7-3-4-8-18(17)22-21(23)26-13-16-10-11-25-12-16/h3-9,16H,10-13H2,1-2H3/t16-/m0/s1.